The lowest BCUT2D eigenvalue weighted by molar-refractivity contribution is -0.120. The van der Waals surface area contributed by atoms with Gasteiger partial charge in [0.15, 0.2) is 5.78 Å². The highest BCUT2D eigenvalue weighted by Crippen LogP contribution is 2.33. The summed E-state index contributed by atoms with van der Waals surface area (Å²) in [6.07, 6.45) is 3.07. The molecule has 0 radical (unpaired) electrons. The summed E-state index contributed by atoms with van der Waals surface area (Å²) in [6.45, 7) is 8.98. The second kappa shape index (κ2) is 6.27. The normalized spacial score (nSPS) is 14.7. The second-order valence-electron chi connectivity index (χ2n) is 7.56. The zero-order chi connectivity index (χ0) is 17.3. The molecular formula is C22H25NO. The van der Waals surface area contributed by atoms with Gasteiger partial charge < -0.3 is 4.90 Å². The number of benzene rings is 2. The summed E-state index contributed by atoms with van der Waals surface area (Å²) in [6, 6.07) is 16.5. The van der Waals surface area contributed by atoms with E-state index in [1.807, 2.05) is 57.3 Å². The van der Waals surface area contributed by atoms with E-state index in [2.05, 4.69) is 30.0 Å². The number of rotatable bonds is 3. The minimum absolute atomic E-state index is 0.175. The number of fused-ring (bicyclic) bond motifs is 1. The van der Waals surface area contributed by atoms with Crippen LogP contribution in [0.3, 0.4) is 0 Å². The van der Waals surface area contributed by atoms with E-state index >= 15 is 0 Å². The fourth-order valence-corrected chi connectivity index (χ4v) is 3.13. The van der Waals surface area contributed by atoms with E-state index in [1.165, 1.54) is 16.8 Å². The molecule has 124 valence electrons. The molecule has 3 rings (SSSR count). The molecule has 0 atom stereocenters. The van der Waals surface area contributed by atoms with E-state index in [4.69, 9.17) is 0 Å². The van der Waals surface area contributed by atoms with Gasteiger partial charge in [-0.15, -0.1) is 0 Å². The Kier molecular flexibility index (Phi) is 4.31. The zero-order valence-corrected chi connectivity index (χ0v) is 15.0. The number of allylic oxidation sites excluding steroid dienone is 1. The number of carbonyl (C=O) groups excluding carboxylic acids is 1. The molecule has 0 spiro atoms. The van der Waals surface area contributed by atoms with Crippen molar-refractivity contribution in [1.82, 2.24) is 0 Å². The van der Waals surface area contributed by atoms with Gasteiger partial charge in [0, 0.05) is 29.4 Å². The van der Waals surface area contributed by atoms with Crippen molar-refractivity contribution in [2.45, 2.75) is 34.1 Å². The molecule has 1 aliphatic rings. The topological polar surface area (TPSA) is 20.3 Å². The van der Waals surface area contributed by atoms with Crippen LogP contribution in [0.4, 0.5) is 5.69 Å². The van der Waals surface area contributed by atoms with Crippen molar-refractivity contribution in [3.8, 4) is 0 Å². The Morgan fingerprint density at radius 2 is 1.79 bits per heavy atom. The Morgan fingerprint density at radius 3 is 2.46 bits per heavy atom. The van der Waals surface area contributed by atoms with E-state index in [0.29, 0.717) is 0 Å². The molecule has 0 unspecified atom stereocenters. The van der Waals surface area contributed by atoms with Gasteiger partial charge in [-0.1, -0.05) is 68.8 Å². The van der Waals surface area contributed by atoms with Gasteiger partial charge in [0.25, 0.3) is 0 Å². The molecule has 2 nitrogen and oxygen atoms in total. The standard InChI is InChI=1S/C22H25NO/c1-16-10-11-20-18(14-16)12-13-23(20)15-19(21(24)22(2,3)4)17-8-6-5-7-9-17/h5-11,14-15H,12-13H2,1-4H3/b19-15+. The fraction of sp³-hybridized carbons (Fsp3) is 0.318. The number of hydrogen-bond donors (Lipinski definition) is 0. The van der Waals surface area contributed by atoms with Crippen LogP contribution in [-0.4, -0.2) is 12.3 Å². The maximum atomic E-state index is 13.0. The van der Waals surface area contributed by atoms with Crippen LogP contribution >= 0.6 is 0 Å². The van der Waals surface area contributed by atoms with Crippen LogP contribution in [0.25, 0.3) is 5.57 Å². The van der Waals surface area contributed by atoms with Gasteiger partial charge in [-0.3, -0.25) is 4.79 Å². The van der Waals surface area contributed by atoms with E-state index < -0.39 is 5.41 Å². The molecule has 1 heterocycles. The molecule has 0 N–H and O–H groups in total. The molecule has 0 saturated carbocycles. The third-order valence-corrected chi connectivity index (χ3v) is 4.46. The average Bonchev–Trinajstić information content (AvgIpc) is 2.94. The van der Waals surface area contributed by atoms with Crippen molar-refractivity contribution in [2.75, 3.05) is 11.4 Å². The molecule has 2 heteroatoms. The summed E-state index contributed by atoms with van der Waals surface area (Å²) in [7, 11) is 0. The molecule has 0 amide bonds. The lowest BCUT2D eigenvalue weighted by atomic mass is 9.84. The smallest absolute Gasteiger partial charge is 0.170 e. The van der Waals surface area contributed by atoms with Crippen molar-refractivity contribution in [2.24, 2.45) is 5.41 Å². The Bertz CT molecular complexity index is 781. The van der Waals surface area contributed by atoms with Crippen LogP contribution < -0.4 is 4.90 Å². The Labute approximate surface area is 144 Å². The van der Waals surface area contributed by atoms with Crippen molar-refractivity contribution in [1.29, 1.82) is 0 Å². The Morgan fingerprint density at radius 1 is 1.08 bits per heavy atom. The number of anilines is 1. The third-order valence-electron chi connectivity index (χ3n) is 4.46. The molecule has 0 aromatic heterocycles. The molecule has 0 saturated heterocycles. The highest BCUT2D eigenvalue weighted by atomic mass is 16.1. The van der Waals surface area contributed by atoms with Crippen LogP contribution in [0.5, 0.6) is 0 Å². The number of Topliss-reactive ketones (excluding diaryl/α,β-unsaturated/α-hetero) is 1. The number of aryl methyl sites for hydroxylation is 1. The van der Waals surface area contributed by atoms with Gasteiger partial charge >= 0.3 is 0 Å². The first-order valence-corrected chi connectivity index (χ1v) is 8.54. The minimum Gasteiger partial charge on any atom is -0.347 e. The largest absolute Gasteiger partial charge is 0.347 e. The van der Waals surface area contributed by atoms with Crippen LogP contribution in [0, 0.1) is 12.3 Å². The van der Waals surface area contributed by atoms with Gasteiger partial charge in [0.2, 0.25) is 0 Å². The number of nitrogens with zero attached hydrogens (tertiary/aromatic N) is 1. The van der Waals surface area contributed by atoms with Crippen molar-refractivity contribution >= 4 is 17.0 Å². The Hall–Kier alpha value is -2.35. The first kappa shape index (κ1) is 16.5. The third kappa shape index (κ3) is 3.28. The average molecular weight is 319 g/mol. The predicted molar refractivity (Wildman–Crippen MR) is 101 cm³/mol. The Balaban J connectivity index is 2.05. The lowest BCUT2D eigenvalue weighted by Gasteiger charge is -2.22. The molecule has 0 fully saturated rings. The van der Waals surface area contributed by atoms with E-state index in [9.17, 15) is 4.79 Å². The van der Waals surface area contributed by atoms with Gasteiger partial charge in [0.05, 0.1) is 0 Å². The van der Waals surface area contributed by atoms with E-state index in [1.54, 1.807) is 0 Å². The predicted octanol–water partition coefficient (Wildman–Crippen LogP) is 5.01. The first-order chi connectivity index (χ1) is 11.4. The van der Waals surface area contributed by atoms with Gasteiger partial charge in [-0.05, 0) is 30.5 Å². The molecular weight excluding hydrogens is 294 g/mol. The van der Waals surface area contributed by atoms with Crippen molar-refractivity contribution in [3.05, 3.63) is 71.4 Å². The highest BCUT2D eigenvalue weighted by molar-refractivity contribution is 6.23. The summed E-state index contributed by atoms with van der Waals surface area (Å²) < 4.78 is 0. The molecule has 0 aliphatic carbocycles. The summed E-state index contributed by atoms with van der Waals surface area (Å²) in [5.41, 5.74) is 5.23. The van der Waals surface area contributed by atoms with Gasteiger partial charge in [-0.2, -0.15) is 0 Å². The first-order valence-electron chi connectivity index (χ1n) is 8.54. The number of hydrogen-bond acceptors (Lipinski definition) is 2. The zero-order valence-electron chi connectivity index (χ0n) is 15.0. The van der Waals surface area contributed by atoms with Crippen molar-refractivity contribution in [3.63, 3.8) is 0 Å². The van der Waals surface area contributed by atoms with E-state index in [-0.39, 0.29) is 5.78 Å². The second-order valence-corrected chi connectivity index (χ2v) is 7.56. The quantitative estimate of drug-likeness (QED) is 0.741. The molecule has 2 aromatic rings. The summed E-state index contributed by atoms with van der Waals surface area (Å²) in [5, 5.41) is 0. The minimum atomic E-state index is -0.405. The summed E-state index contributed by atoms with van der Waals surface area (Å²) in [5.74, 6) is 0.175. The van der Waals surface area contributed by atoms with Crippen LogP contribution in [0.1, 0.15) is 37.5 Å². The van der Waals surface area contributed by atoms with Gasteiger partial charge in [-0.25, -0.2) is 0 Å². The number of ketones is 1. The fourth-order valence-electron chi connectivity index (χ4n) is 3.13. The van der Waals surface area contributed by atoms with E-state index in [0.717, 1.165) is 24.1 Å². The highest BCUT2D eigenvalue weighted by Gasteiger charge is 2.27. The molecule has 0 bridgehead atoms. The molecule has 24 heavy (non-hydrogen) atoms. The molecule has 2 aromatic carbocycles. The van der Waals surface area contributed by atoms with Crippen LogP contribution in [0.15, 0.2) is 54.7 Å². The monoisotopic (exact) mass is 319 g/mol. The van der Waals surface area contributed by atoms with Gasteiger partial charge in [0.1, 0.15) is 0 Å². The number of carbonyl (C=O) groups is 1. The lowest BCUT2D eigenvalue weighted by Crippen LogP contribution is -2.24. The maximum Gasteiger partial charge on any atom is 0.170 e. The van der Waals surface area contributed by atoms with Crippen LogP contribution in [0.2, 0.25) is 0 Å². The SMILES string of the molecule is Cc1ccc2c(c1)CCN2/C=C(/C(=O)C(C)(C)C)c1ccccc1. The summed E-state index contributed by atoms with van der Waals surface area (Å²) in [4.78, 5) is 15.2. The van der Waals surface area contributed by atoms with Crippen LogP contribution in [-0.2, 0) is 11.2 Å². The van der Waals surface area contributed by atoms with Crippen molar-refractivity contribution < 1.29 is 4.79 Å². The molecule has 1 aliphatic heterocycles. The maximum absolute atomic E-state index is 13.0. The summed E-state index contributed by atoms with van der Waals surface area (Å²) >= 11 is 0.